The van der Waals surface area contributed by atoms with Crippen LogP contribution in [-0.4, -0.2) is 34.9 Å². The van der Waals surface area contributed by atoms with Crippen LogP contribution >= 0.6 is 11.3 Å². The molecule has 21 heavy (non-hydrogen) atoms. The number of anilines is 1. The van der Waals surface area contributed by atoms with E-state index in [2.05, 4.69) is 22.1 Å². The lowest BCUT2D eigenvalue weighted by Gasteiger charge is -2.33. The second-order valence-corrected chi connectivity index (χ2v) is 6.90. The van der Waals surface area contributed by atoms with Crippen LogP contribution in [0.15, 0.2) is 24.3 Å². The zero-order chi connectivity index (χ0) is 14.8. The van der Waals surface area contributed by atoms with Gasteiger partial charge in [-0.25, -0.2) is 4.98 Å². The number of piperidine rings is 1. The average Bonchev–Trinajstić information content (AvgIpc) is 2.89. The molecule has 4 nitrogen and oxygen atoms in total. The molecule has 1 amide bonds. The molecule has 1 unspecified atom stereocenters. The molecule has 1 aromatic heterocycles. The molecule has 5 heteroatoms. The summed E-state index contributed by atoms with van der Waals surface area (Å²) in [6.07, 6.45) is 2.36. The van der Waals surface area contributed by atoms with E-state index >= 15 is 0 Å². The zero-order valence-electron chi connectivity index (χ0n) is 12.5. The van der Waals surface area contributed by atoms with Gasteiger partial charge in [-0.15, -0.1) is 0 Å². The van der Waals surface area contributed by atoms with Crippen LogP contribution in [0.2, 0.25) is 0 Å². The first-order chi connectivity index (χ1) is 10.1. The van der Waals surface area contributed by atoms with E-state index in [1.165, 1.54) is 24.2 Å². The maximum atomic E-state index is 12.4. The van der Waals surface area contributed by atoms with Crippen LogP contribution in [0.5, 0.6) is 0 Å². The summed E-state index contributed by atoms with van der Waals surface area (Å²) in [5.74, 6) is 0.824. The fourth-order valence-corrected chi connectivity index (χ4v) is 3.59. The van der Waals surface area contributed by atoms with Crippen molar-refractivity contribution < 1.29 is 4.79 Å². The Morgan fingerprint density at radius 2 is 2.10 bits per heavy atom. The lowest BCUT2D eigenvalue weighted by atomic mass is 9.98. The standard InChI is InChI=1S/C16H21N3OS/c1-11-7-9-19(10-8-11)12(2)15(20)18-16-17-13-5-3-4-6-14(13)21-16/h3-6,11-12H,7-10H2,1-2H3,(H,17,18,20). The highest BCUT2D eigenvalue weighted by molar-refractivity contribution is 7.22. The minimum absolute atomic E-state index is 0.0450. The second-order valence-electron chi connectivity index (χ2n) is 5.87. The molecular formula is C16H21N3OS. The van der Waals surface area contributed by atoms with Crippen molar-refractivity contribution in [2.45, 2.75) is 32.7 Å². The van der Waals surface area contributed by atoms with Crippen molar-refractivity contribution in [3.63, 3.8) is 0 Å². The summed E-state index contributed by atoms with van der Waals surface area (Å²) in [6, 6.07) is 7.86. The number of fused-ring (bicyclic) bond motifs is 1. The summed E-state index contributed by atoms with van der Waals surface area (Å²) < 4.78 is 1.10. The first-order valence-electron chi connectivity index (χ1n) is 7.54. The number of carbonyl (C=O) groups excluding carboxylic acids is 1. The number of carbonyl (C=O) groups is 1. The van der Waals surface area contributed by atoms with E-state index in [-0.39, 0.29) is 11.9 Å². The van der Waals surface area contributed by atoms with E-state index in [1.54, 1.807) is 0 Å². The van der Waals surface area contributed by atoms with Gasteiger partial charge in [0.25, 0.3) is 0 Å². The molecule has 1 atom stereocenters. The molecule has 1 N–H and O–H groups in total. The lowest BCUT2D eigenvalue weighted by Crippen LogP contribution is -2.45. The Hall–Kier alpha value is -1.46. The molecule has 0 spiro atoms. The molecule has 3 rings (SSSR count). The predicted molar refractivity (Wildman–Crippen MR) is 87.7 cm³/mol. The summed E-state index contributed by atoms with van der Waals surface area (Å²) in [6.45, 7) is 6.28. The fourth-order valence-electron chi connectivity index (χ4n) is 2.72. The number of thiazole rings is 1. The summed E-state index contributed by atoms with van der Waals surface area (Å²) in [7, 11) is 0. The van der Waals surface area contributed by atoms with Crippen LogP contribution in [0.3, 0.4) is 0 Å². The molecule has 1 aliphatic rings. The summed E-state index contributed by atoms with van der Waals surface area (Å²) >= 11 is 1.53. The number of likely N-dealkylation sites (tertiary alicyclic amines) is 1. The molecule has 1 fully saturated rings. The minimum Gasteiger partial charge on any atom is -0.301 e. The molecule has 0 bridgehead atoms. The maximum absolute atomic E-state index is 12.4. The SMILES string of the molecule is CC1CCN(C(C)C(=O)Nc2nc3ccccc3s2)CC1. The summed E-state index contributed by atoms with van der Waals surface area (Å²) in [5.41, 5.74) is 0.942. The summed E-state index contributed by atoms with van der Waals surface area (Å²) in [5, 5.41) is 3.66. The molecular weight excluding hydrogens is 282 g/mol. The van der Waals surface area contributed by atoms with E-state index < -0.39 is 0 Å². The van der Waals surface area contributed by atoms with Crippen molar-refractivity contribution in [1.82, 2.24) is 9.88 Å². The lowest BCUT2D eigenvalue weighted by molar-refractivity contribution is -0.121. The highest BCUT2D eigenvalue weighted by atomic mass is 32.1. The van der Waals surface area contributed by atoms with Crippen molar-refractivity contribution in [2.24, 2.45) is 5.92 Å². The largest absolute Gasteiger partial charge is 0.301 e. The van der Waals surface area contributed by atoms with Gasteiger partial charge in [-0.2, -0.15) is 0 Å². The first-order valence-corrected chi connectivity index (χ1v) is 8.35. The number of nitrogens with one attached hydrogen (secondary N) is 1. The minimum atomic E-state index is -0.0930. The Morgan fingerprint density at radius 1 is 1.38 bits per heavy atom. The van der Waals surface area contributed by atoms with Crippen molar-refractivity contribution in [3.8, 4) is 0 Å². The number of hydrogen-bond donors (Lipinski definition) is 1. The van der Waals surface area contributed by atoms with Crippen molar-refractivity contribution in [1.29, 1.82) is 0 Å². The van der Waals surface area contributed by atoms with Gasteiger partial charge in [0.2, 0.25) is 5.91 Å². The van der Waals surface area contributed by atoms with E-state index in [4.69, 9.17) is 0 Å². The Morgan fingerprint density at radius 3 is 2.81 bits per heavy atom. The highest BCUT2D eigenvalue weighted by Crippen LogP contribution is 2.26. The van der Waals surface area contributed by atoms with Gasteiger partial charge in [-0.3, -0.25) is 9.69 Å². The average molecular weight is 303 g/mol. The van der Waals surface area contributed by atoms with Gasteiger partial charge in [-0.05, 0) is 50.9 Å². The van der Waals surface area contributed by atoms with Crippen LogP contribution in [0, 0.1) is 5.92 Å². The maximum Gasteiger partial charge on any atom is 0.243 e. The van der Waals surface area contributed by atoms with Gasteiger partial charge in [0.05, 0.1) is 16.3 Å². The number of amides is 1. The Kier molecular flexibility index (Phi) is 4.22. The first kappa shape index (κ1) is 14.5. The van der Waals surface area contributed by atoms with Gasteiger partial charge in [-0.1, -0.05) is 30.4 Å². The molecule has 0 radical (unpaired) electrons. The highest BCUT2D eigenvalue weighted by Gasteiger charge is 2.25. The fraction of sp³-hybridized carbons (Fsp3) is 0.500. The molecule has 2 heterocycles. The van der Waals surface area contributed by atoms with Crippen LogP contribution in [-0.2, 0) is 4.79 Å². The summed E-state index contributed by atoms with van der Waals surface area (Å²) in [4.78, 5) is 19.1. The van der Waals surface area contributed by atoms with Gasteiger partial charge in [0.1, 0.15) is 0 Å². The molecule has 2 aromatic rings. The number of para-hydroxylation sites is 1. The van der Waals surface area contributed by atoms with Crippen molar-refractivity contribution >= 4 is 32.6 Å². The van der Waals surface area contributed by atoms with E-state index in [1.807, 2.05) is 31.2 Å². The number of rotatable bonds is 3. The Labute approximate surface area is 129 Å². The number of hydrogen-bond acceptors (Lipinski definition) is 4. The molecule has 1 saturated heterocycles. The second kappa shape index (κ2) is 6.12. The predicted octanol–water partition coefficient (Wildman–Crippen LogP) is 3.36. The number of nitrogens with zero attached hydrogens (tertiary/aromatic N) is 2. The topological polar surface area (TPSA) is 45.2 Å². The van der Waals surface area contributed by atoms with E-state index in [0.29, 0.717) is 5.13 Å². The zero-order valence-corrected chi connectivity index (χ0v) is 13.3. The molecule has 0 saturated carbocycles. The van der Waals surface area contributed by atoms with Crippen LogP contribution < -0.4 is 5.32 Å². The Balaban J connectivity index is 1.65. The normalized spacial score (nSPS) is 18.8. The van der Waals surface area contributed by atoms with E-state index in [0.717, 1.165) is 29.2 Å². The van der Waals surface area contributed by atoms with Crippen LogP contribution in [0.25, 0.3) is 10.2 Å². The van der Waals surface area contributed by atoms with Gasteiger partial charge < -0.3 is 5.32 Å². The third-order valence-electron chi connectivity index (χ3n) is 4.27. The molecule has 1 aromatic carbocycles. The van der Waals surface area contributed by atoms with Crippen molar-refractivity contribution in [2.75, 3.05) is 18.4 Å². The molecule has 0 aliphatic carbocycles. The monoisotopic (exact) mass is 303 g/mol. The van der Waals surface area contributed by atoms with Gasteiger partial charge in [0.15, 0.2) is 5.13 Å². The molecule has 112 valence electrons. The van der Waals surface area contributed by atoms with Gasteiger partial charge >= 0.3 is 0 Å². The Bertz CT molecular complexity index is 598. The van der Waals surface area contributed by atoms with Crippen molar-refractivity contribution in [3.05, 3.63) is 24.3 Å². The number of aromatic nitrogens is 1. The third-order valence-corrected chi connectivity index (χ3v) is 5.22. The third kappa shape index (κ3) is 3.24. The number of benzene rings is 1. The van der Waals surface area contributed by atoms with E-state index in [9.17, 15) is 4.79 Å². The molecule has 1 aliphatic heterocycles. The van der Waals surface area contributed by atoms with Gasteiger partial charge in [0, 0.05) is 0 Å². The quantitative estimate of drug-likeness (QED) is 0.945. The van der Waals surface area contributed by atoms with Crippen LogP contribution in [0.4, 0.5) is 5.13 Å². The van der Waals surface area contributed by atoms with Crippen LogP contribution in [0.1, 0.15) is 26.7 Å². The smallest absolute Gasteiger partial charge is 0.243 e.